The van der Waals surface area contributed by atoms with Crippen LogP contribution in [0.3, 0.4) is 0 Å². The summed E-state index contributed by atoms with van der Waals surface area (Å²) in [5.41, 5.74) is 0.0785. The summed E-state index contributed by atoms with van der Waals surface area (Å²) >= 11 is 10.6. The van der Waals surface area contributed by atoms with Gasteiger partial charge in [0.1, 0.15) is 11.6 Å². The Morgan fingerprint density at radius 3 is 2.48 bits per heavy atom. The van der Waals surface area contributed by atoms with Gasteiger partial charge in [-0.15, -0.1) is 23.7 Å². The van der Waals surface area contributed by atoms with Gasteiger partial charge in [-0.3, -0.25) is 4.90 Å². The SMILES string of the molecule is Cl.Fc1ccc(Br)c(F)c1[C@@H](c1ccc(Cl)s1)N1CCNCC1. The lowest BCUT2D eigenvalue weighted by molar-refractivity contribution is 0.194. The third kappa shape index (κ3) is 4.06. The van der Waals surface area contributed by atoms with Crippen LogP contribution in [0.15, 0.2) is 28.7 Å². The van der Waals surface area contributed by atoms with E-state index < -0.39 is 17.7 Å². The van der Waals surface area contributed by atoms with Crippen LogP contribution in [0.5, 0.6) is 0 Å². The lowest BCUT2D eigenvalue weighted by Gasteiger charge is -2.35. The molecule has 0 spiro atoms. The third-order valence-electron chi connectivity index (χ3n) is 3.73. The van der Waals surface area contributed by atoms with Crippen molar-refractivity contribution >= 4 is 51.3 Å². The van der Waals surface area contributed by atoms with Gasteiger partial charge in [0.25, 0.3) is 0 Å². The van der Waals surface area contributed by atoms with Crippen LogP contribution in [0.1, 0.15) is 16.5 Å². The molecule has 1 saturated heterocycles. The standard InChI is InChI=1S/C15H14BrClF2N2S.ClH/c16-9-1-2-10(18)13(14(9)19)15(11-3-4-12(17)22-11)21-7-5-20-6-8-21;/h1-4,15,20H,5-8H2;1H/t15-;/m1./s1. The van der Waals surface area contributed by atoms with E-state index in [-0.39, 0.29) is 22.4 Å². The number of hydrogen-bond donors (Lipinski definition) is 1. The van der Waals surface area contributed by atoms with E-state index in [0.717, 1.165) is 31.1 Å². The molecular weight excluding hydrogens is 429 g/mol. The van der Waals surface area contributed by atoms with Gasteiger partial charge in [0.05, 0.1) is 14.9 Å². The van der Waals surface area contributed by atoms with E-state index in [2.05, 4.69) is 26.1 Å². The van der Waals surface area contributed by atoms with Crippen molar-refractivity contribution in [3.63, 3.8) is 0 Å². The highest BCUT2D eigenvalue weighted by atomic mass is 79.9. The van der Waals surface area contributed by atoms with Gasteiger partial charge in [-0.05, 0) is 40.2 Å². The maximum absolute atomic E-state index is 14.6. The molecule has 0 saturated carbocycles. The van der Waals surface area contributed by atoms with Crippen molar-refractivity contribution in [3.05, 3.63) is 55.1 Å². The normalized spacial score (nSPS) is 16.9. The summed E-state index contributed by atoms with van der Waals surface area (Å²) in [5.74, 6) is -1.08. The zero-order chi connectivity index (χ0) is 15.7. The molecule has 0 radical (unpaired) electrons. The number of nitrogens with zero attached hydrogens (tertiary/aromatic N) is 1. The lowest BCUT2D eigenvalue weighted by atomic mass is 10.0. The molecule has 1 aromatic heterocycles. The summed E-state index contributed by atoms with van der Waals surface area (Å²) in [6.45, 7) is 3.05. The highest BCUT2D eigenvalue weighted by Crippen LogP contribution is 2.39. The molecule has 126 valence electrons. The van der Waals surface area contributed by atoms with E-state index >= 15 is 0 Å². The molecule has 0 bridgehead atoms. The number of benzene rings is 1. The minimum Gasteiger partial charge on any atom is -0.314 e. The molecule has 1 N–H and O–H groups in total. The lowest BCUT2D eigenvalue weighted by Crippen LogP contribution is -2.45. The first-order chi connectivity index (χ1) is 10.6. The van der Waals surface area contributed by atoms with Gasteiger partial charge in [0.15, 0.2) is 0 Å². The Bertz CT molecular complexity index is 677. The molecule has 1 aliphatic rings. The number of thiophene rings is 1. The Labute approximate surface area is 157 Å². The molecule has 1 aliphatic heterocycles. The largest absolute Gasteiger partial charge is 0.314 e. The summed E-state index contributed by atoms with van der Waals surface area (Å²) in [6.07, 6.45) is 0. The Morgan fingerprint density at radius 1 is 1.17 bits per heavy atom. The summed E-state index contributed by atoms with van der Waals surface area (Å²) in [6, 6.07) is 5.85. The Hall–Kier alpha value is -0.240. The van der Waals surface area contributed by atoms with Crippen LogP contribution in [-0.2, 0) is 0 Å². The topological polar surface area (TPSA) is 15.3 Å². The molecule has 2 nitrogen and oxygen atoms in total. The molecule has 2 heterocycles. The second-order valence-corrected chi connectivity index (χ2v) is 7.69. The second-order valence-electron chi connectivity index (χ2n) is 5.09. The van der Waals surface area contributed by atoms with Crippen LogP contribution in [0.25, 0.3) is 0 Å². The maximum Gasteiger partial charge on any atom is 0.145 e. The third-order valence-corrected chi connectivity index (χ3v) is 5.63. The van der Waals surface area contributed by atoms with E-state index in [1.54, 1.807) is 6.07 Å². The van der Waals surface area contributed by atoms with Crippen molar-refractivity contribution < 1.29 is 8.78 Å². The predicted molar refractivity (Wildman–Crippen MR) is 96.9 cm³/mol. The van der Waals surface area contributed by atoms with Crippen LogP contribution in [0, 0.1) is 11.6 Å². The van der Waals surface area contributed by atoms with E-state index in [0.29, 0.717) is 4.34 Å². The molecule has 1 atom stereocenters. The summed E-state index contributed by atoms with van der Waals surface area (Å²) in [4.78, 5) is 2.94. The molecule has 2 aromatic rings. The maximum atomic E-state index is 14.6. The fraction of sp³-hybridized carbons (Fsp3) is 0.333. The molecule has 1 fully saturated rings. The van der Waals surface area contributed by atoms with Crippen LogP contribution >= 0.6 is 51.3 Å². The highest BCUT2D eigenvalue weighted by Gasteiger charge is 2.30. The molecule has 8 heteroatoms. The predicted octanol–water partition coefficient (Wildman–Crippen LogP) is 4.86. The first-order valence-corrected chi connectivity index (χ1v) is 8.90. The molecule has 0 amide bonds. The van der Waals surface area contributed by atoms with E-state index in [1.807, 2.05) is 6.07 Å². The van der Waals surface area contributed by atoms with Gasteiger partial charge in [-0.25, -0.2) is 8.78 Å². The van der Waals surface area contributed by atoms with Crippen LogP contribution in [0.2, 0.25) is 4.34 Å². The van der Waals surface area contributed by atoms with Gasteiger partial charge in [-0.1, -0.05) is 11.6 Å². The molecule has 1 aromatic carbocycles. The van der Waals surface area contributed by atoms with Crippen LogP contribution in [-0.4, -0.2) is 31.1 Å². The quantitative estimate of drug-likeness (QED) is 0.681. The number of halogens is 5. The van der Waals surface area contributed by atoms with E-state index in [4.69, 9.17) is 11.6 Å². The molecular formula is C15H15BrCl2F2N2S. The van der Waals surface area contributed by atoms with Crippen molar-refractivity contribution in [2.45, 2.75) is 6.04 Å². The van der Waals surface area contributed by atoms with Crippen LogP contribution < -0.4 is 5.32 Å². The first kappa shape index (κ1) is 19.1. The van der Waals surface area contributed by atoms with Gasteiger partial charge in [-0.2, -0.15) is 0 Å². The van der Waals surface area contributed by atoms with Gasteiger partial charge in [0, 0.05) is 36.6 Å². The van der Waals surface area contributed by atoms with Crippen LogP contribution in [0.4, 0.5) is 8.78 Å². The highest BCUT2D eigenvalue weighted by molar-refractivity contribution is 9.10. The molecule has 0 unspecified atom stereocenters. The molecule has 23 heavy (non-hydrogen) atoms. The number of nitrogens with one attached hydrogen (secondary N) is 1. The molecule has 0 aliphatic carbocycles. The van der Waals surface area contributed by atoms with Gasteiger partial charge >= 0.3 is 0 Å². The van der Waals surface area contributed by atoms with Crippen molar-refractivity contribution in [3.8, 4) is 0 Å². The van der Waals surface area contributed by atoms with E-state index in [1.165, 1.54) is 23.5 Å². The number of hydrogen-bond acceptors (Lipinski definition) is 3. The average Bonchev–Trinajstić information content (AvgIpc) is 2.94. The van der Waals surface area contributed by atoms with Crippen molar-refractivity contribution in [2.24, 2.45) is 0 Å². The Morgan fingerprint density at radius 2 is 1.87 bits per heavy atom. The minimum atomic E-state index is -0.548. The monoisotopic (exact) mass is 442 g/mol. The zero-order valence-corrected chi connectivity index (χ0v) is 16.0. The molecule has 3 rings (SSSR count). The Balaban J connectivity index is 0.00000192. The summed E-state index contributed by atoms with van der Waals surface area (Å²) < 4.78 is 29.9. The summed E-state index contributed by atoms with van der Waals surface area (Å²) in [7, 11) is 0. The zero-order valence-electron chi connectivity index (χ0n) is 12.0. The van der Waals surface area contributed by atoms with Crippen molar-refractivity contribution in [1.29, 1.82) is 0 Å². The van der Waals surface area contributed by atoms with Gasteiger partial charge < -0.3 is 5.32 Å². The van der Waals surface area contributed by atoms with Gasteiger partial charge in [0.2, 0.25) is 0 Å². The number of piperazine rings is 1. The fourth-order valence-corrected chi connectivity index (χ4v) is 4.27. The van der Waals surface area contributed by atoms with Crippen molar-refractivity contribution in [1.82, 2.24) is 10.2 Å². The van der Waals surface area contributed by atoms with Crippen molar-refractivity contribution in [2.75, 3.05) is 26.2 Å². The average molecular weight is 444 g/mol. The minimum absolute atomic E-state index is 0. The first-order valence-electron chi connectivity index (χ1n) is 6.91. The smallest absolute Gasteiger partial charge is 0.145 e. The summed E-state index contributed by atoms with van der Waals surface area (Å²) in [5, 5.41) is 3.26. The fourth-order valence-electron chi connectivity index (χ4n) is 2.71. The van der Waals surface area contributed by atoms with E-state index in [9.17, 15) is 8.78 Å². The Kier molecular flexibility index (Phi) is 6.83. The number of rotatable bonds is 3. The second kappa shape index (κ2) is 8.23.